The number of para-hydroxylation sites is 1. The Morgan fingerprint density at radius 2 is 1.80 bits per heavy atom. The van der Waals surface area contributed by atoms with Crippen molar-refractivity contribution < 1.29 is 4.79 Å². The molecule has 3 rings (SSSR count). The van der Waals surface area contributed by atoms with Crippen LogP contribution < -0.4 is 10.9 Å². The topological polar surface area (TPSA) is 64.0 Å². The highest BCUT2D eigenvalue weighted by molar-refractivity contribution is 5.90. The Labute approximate surface area is 145 Å². The van der Waals surface area contributed by atoms with Gasteiger partial charge in [-0.2, -0.15) is 5.10 Å². The summed E-state index contributed by atoms with van der Waals surface area (Å²) in [5, 5.41) is 7.13. The van der Waals surface area contributed by atoms with Crippen molar-refractivity contribution in [3.63, 3.8) is 0 Å². The molecular formula is C20H19N3O2. The van der Waals surface area contributed by atoms with Gasteiger partial charge in [0.05, 0.1) is 5.69 Å². The molecule has 1 heterocycles. The number of amides is 1. The molecule has 5 nitrogen and oxygen atoms in total. The van der Waals surface area contributed by atoms with Crippen molar-refractivity contribution in [2.45, 2.75) is 20.4 Å². The summed E-state index contributed by atoms with van der Waals surface area (Å²) in [6, 6.07) is 18.3. The number of benzene rings is 2. The van der Waals surface area contributed by atoms with Crippen molar-refractivity contribution in [2.24, 2.45) is 0 Å². The summed E-state index contributed by atoms with van der Waals surface area (Å²) >= 11 is 0. The van der Waals surface area contributed by atoms with Crippen molar-refractivity contribution >= 4 is 11.6 Å². The van der Waals surface area contributed by atoms with Crippen LogP contribution in [-0.2, 0) is 11.3 Å². The van der Waals surface area contributed by atoms with Crippen LogP contribution >= 0.6 is 0 Å². The normalized spacial score (nSPS) is 10.5. The first-order chi connectivity index (χ1) is 12.0. The molecule has 0 aliphatic rings. The summed E-state index contributed by atoms with van der Waals surface area (Å²) in [5.41, 5.74) is 4.19. The van der Waals surface area contributed by atoms with E-state index in [2.05, 4.69) is 10.4 Å². The predicted molar refractivity (Wildman–Crippen MR) is 98.5 cm³/mol. The number of aryl methyl sites for hydroxylation is 2. The molecule has 126 valence electrons. The minimum Gasteiger partial charge on any atom is -0.324 e. The largest absolute Gasteiger partial charge is 0.324 e. The fourth-order valence-electron chi connectivity index (χ4n) is 2.58. The van der Waals surface area contributed by atoms with Crippen molar-refractivity contribution in [2.75, 3.05) is 5.32 Å². The third-order valence-corrected chi connectivity index (χ3v) is 3.89. The number of hydrogen-bond donors (Lipinski definition) is 1. The zero-order valence-corrected chi connectivity index (χ0v) is 14.2. The molecule has 1 aromatic heterocycles. The first kappa shape index (κ1) is 16.6. The molecule has 0 spiro atoms. The maximum absolute atomic E-state index is 12.2. The van der Waals surface area contributed by atoms with E-state index in [9.17, 15) is 9.59 Å². The average molecular weight is 333 g/mol. The Balaban J connectivity index is 1.86. The summed E-state index contributed by atoms with van der Waals surface area (Å²) in [4.78, 5) is 24.3. The highest BCUT2D eigenvalue weighted by atomic mass is 16.2. The van der Waals surface area contributed by atoms with Crippen LogP contribution in [0.15, 0.2) is 65.5 Å². The zero-order chi connectivity index (χ0) is 17.8. The lowest BCUT2D eigenvalue weighted by molar-refractivity contribution is -0.117. The summed E-state index contributed by atoms with van der Waals surface area (Å²) in [5.74, 6) is -0.293. The number of anilines is 1. The van der Waals surface area contributed by atoms with Gasteiger partial charge in [0.1, 0.15) is 6.54 Å². The molecule has 0 saturated carbocycles. The van der Waals surface area contributed by atoms with Gasteiger partial charge in [0.2, 0.25) is 5.91 Å². The van der Waals surface area contributed by atoms with Crippen LogP contribution in [0.25, 0.3) is 11.3 Å². The van der Waals surface area contributed by atoms with Crippen molar-refractivity contribution in [3.05, 3.63) is 82.1 Å². The number of rotatable bonds is 4. The maximum atomic E-state index is 12.2. The van der Waals surface area contributed by atoms with Gasteiger partial charge in [0.25, 0.3) is 5.56 Å². The summed E-state index contributed by atoms with van der Waals surface area (Å²) < 4.78 is 1.19. The van der Waals surface area contributed by atoms with E-state index in [-0.39, 0.29) is 18.0 Å². The third-order valence-electron chi connectivity index (χ3n) is 3.89. The Morgan fingerprint density at radius 1 is 1.04 bits per heavy atom. The summed E-state index contributed by atoms with van der Waals surface area (Å²) in [6.45, 7) is 3.87. The molecule has 0 aliphatic heterocycles. The number of hydrogen-bond acceptors (Lipinski definition) is 3. The number of nitrogens with one attached hydrogen (secondary N) is 1. The number of carbonyl (C=O) groups excluding carboxylic acids is 1. The second kappa shape index (κ2) is 7.13. The van der Waals surface area contributed by atoms with E-state index in [1.807, 2.05) is 50.2 Å². The maximum Gasteiger partial charge on any atom is 0.267 e. The van der Waals surface area contributed by atoms with Crippen molar-refractivity contribution in [3.8, 4) is 11.3 Å². The van der Waals surface area contributed by atoms with Crippen LogP contribution in [0.5, 0.6) is 0 Å². The van der Waals surface area contributed by atoms with Crippen LogP contribution in [0.2, 0.25) is 0 Å². The van der Waals surface area contributed by atoms with E-state index >= 15 is 0 Å². The predicted octanol–water partition coefficient (Wildman–Crippen LogP) is 3.17. The van der Waals surface area contributed by atoms with Gasteiger partial charge in [0, 0.05) is 17.3 Å². The molecule has 0 saturated heterocycles. The zero-order valence-electron chi connectivity index (χ0n) is 14.2. The highest BCUT2D eigenvalue weighted by Crippen LogP contribution is 2.21. The van der Waals surface area contributed by atoms with E-state index in [1.165, 1.54) is 10.7 Å². The van der Waals surface area contributed by atoms with Crippen LogP contribution in [0, 0.1) is 13.8 Å². The van der Waals surface area contributed by atoms with Crippen molar-refractivity contribution in [1.82, 2.24) is 9.78 Å². The number of carbonyl (C=O) groups is 1. The molecule has 3 aromatic rings. The van der Waals surface area contributed by atoms with E-state index in [0.29, 0.717) is 11.4 Å². The fourth-order valence-corrected chi connectivity index (χ4v) is 2.58. The molecule has 0 aliphatic carbocycles. The first-order valence-corrected chi connectivity index (χ1v) is 8.03. The van der Waals surface area contributed by atoms with Crippen molar-refractivity contribution in [1.29, 1.82) is 0 Å². The van der Waals surface area contributed by atoms with Crippen LogP contribution in [0.1, 0.15) is 11.1 Å². The molecule has 0 radical (unpaired) electrons. The van der Waals surface area contributed by atoms with Crippen LogP contribution in [0.3, 0.4) is 0 Å². The number of nitrogens with zero attached hydrogens (tertiary/aromatic N) is 2. The van der Waals surface area contributed by atoms with Gasteiger partial charge in [-0.3, -0.25) is 9.59 Å². The van der Waals surface area contributed by atoms with Gasteiger partial charge < -0.3 is 5.32 Å². The van der Waals surface area contributed by atoms with Gasteiger partial charge in [-0.1, -0.05) is 35.9 Å². The smallest absolute Gasteiger partial charge is 0.267 e. The third kappa shape index (κ3) is 4.01. The molecule has 0 bridgehead atoms. The lowest BCUT2D eigenvalue weighted by atomic mass is 10.0. The number of aromatic nitrogens is 2. The fraction of sp³-hybridized carbons (Fsp3) is 0.150. The Hall–Kier alpha value is -3.21. The minimum atomic E-state index is -0.308. The summed E-state index contributed by atoms with van der Waals surface area (Å²) in [6.07, 6.45) is 0. The Bertz CT molecular complexity index is 962. The van der Waals surface area contributed by atoms with Gasteiger partial charge >= 0.3 is 0 Å². The second-order valence-electron chi connectivity index (χ2n) is 5.95. The lowest BCUT2D eigenvalue weighted by Gasteiger charge is -2.10. The van der Waals surface area contributed by atoms with Gasteiger partial charge in [-0.25, -0.2) is 4.68 Å². The molecule has 0 unspecified atom stereocenters. The molecule has 25 heavy (non-hydrogen) atoms. The van der Waals surface area contributed by atoms with E-state index in [1.54, 1.807) is 18.2 Å². The molecule has 0 fully saturated rings. The SMILES string of the molecule is Cc1ccc(C)c(-c2ccc(=O)n(CC(=O)Nc3ccccc3)n2)c1. The highest BCUT2D eigenvalue weighted by Gasteiger charge is 2.10. The quantitative estimate of drug-likeness (QED) is 0.797. The molecule has 0 atom stereocenters. The standard InChI is InChI=1S/C20H19N3O2/c1-14-8-9-15(2)17(12-14)18-10-11-20(25)23(22-18)13-19(24)21-16-6-4-3-5-7-16/h3-12H,13H2,1-2H3,(H,21,24). The van der Waals surface area contributed by atoms with Crippen LogP contribution in [-0.4, -0.2) is 15.7 Å². The monoisotopic (exact) mass is 333 g/mol. The molecule has 5 heteroatoms. The van der Waals surface area contributed by atoms with E-state index in [0.717, 1.165) is 16.7 Å². The van der Waals surface area contributed by atoms with Gasteiger partial charge in [-0.15, -0.1) is 0 Å². The van der Waals surface area contributed by atoms with Gasteiger partial charge in [0.15, 0.2) is 0 Å². The average Bonchev–Trinajstić information content (AvgIpc) is 2.60. The van der Waals surface area contributed by atoms with E-state index < -0.39 is 0 Å². The molecule has 2 aromatic carbocycles. The lowest BCUT2D eigenvalue weighted by Crippen LogP contribution is -2.29. The molecule has 1 amide bonds. The Morgan fingerprint density at radius 3 is 2.56 bits per heavy atom. The van der Waals surface area contributed by atoms with Gasteiger partial charge in [-0.05, 0) is 43.7 Å². The molecular weight excluding hydrogens is 314 g/mol. The van der Waals surface area contributed by atoms with Crippen LogP contribution in [0.4, 0.5) is 5.69 Å². The molecule has 1 N–H and O–H groups in total. The van der Waals surface area contributed by atoms with E-state index in [4.69, 9.17) is 0 Å². The first-order valence-electron chi connectivity index (χ1n) is 8.03. The minimum absolute atomic E-state index is 0.133. The summed E-state index contributed by atoms with van der Waals surface area (Å²) in [7, 11) is 0. The second-order valence-corrected chi connectivity index (χ2v) is 5.95. The Kier molecular flexibility index (Phi) is 4.75.